The van der Waals surface area contributed by atoms with E-state index in [1.807, 2.05) is 19.1 Å². The van der Waals surface area contributed by atoms with Crippen LogP contribution in [-0.4, -0.2) is 20.8 Å². The van der Waals surface area contributed by atoms with E-state index in [0.29, 0.717) is 16.4 Å². The van der Waals surface area contributed by atoms with Gasteiger partial charge in [0.05, 0.1) is 29.6 Å². The number of benzene rings is 1. The van der Waals surface area contributed by atoms with Crippen LogP contribution in [0.25, 0.3) is 26.9 Å². The molecule has 2 aromatic heterocycles. The molecule has 4 rings (SSSR count). The summed E-state index contributed by atoms with van der Waals surface area (Å²) in [4.78, 5) is 7.83. The fraction of sp³-hybridized carbons (Fsp3) is 0.300. The molecule has 0 spiro atoms. The molecule has 1 aliphatic rings. The molecule has 1 fully saturated rings. The molecule has 3 N–H and O–H groups in total. The largest absolute Gasteiger partial charge is 0.396 e. The number of nitrogens with two attached hydrogens (primary N) is 1. The molecule has 0 radical (unpaired) electrons. The number of nitrogens with zero attached hydrogens (tertiary/aromatic N) is 3. The lowest BCUT2D eigenvalue weighted by Gasteiger charge is -2.14. The first-order chi connectivity index (χ1) is 12.5. The highest BCUT2D eigenvalue weighted by atomic mass is 35.5. The molecule has 2 heterocycles. The van der Waals surface area contributed by atoms with Crippen LogP contribution in [0, 0.1) is 13.5 Å². The number of aromatic nitrogens is 2. The van der Waals surface area contributed by atoms with Gasteiger partial charge < -0.3 is 15.4 Å². The Bertz CT molecular complexity index is 1050. The van der Waals surface area contributed by atoms with Crippen molar-refractivity contribution in [2.45, 2.75) is 38.3 Å². The zero-order chi connectivity index (χ0) is 18.4. The van der Waals surface area contributed by atoms with Crippen molar-refractivity contribution in [2.75, 3.05) is 5.73 Å². The topological polar surface area (TPSA) is 68.4 Å². The lowest BCUT2D eigenvalue weighted by atomic mass is 10.0. The van der Waals surface area contributed by atoms with Crippen molar-refractivity contribution in [1.82, 2.24) is 9.55 Å². The number of halogens is 1. The quantitative estimate of drug-likeness (QED) is 0.635. The second-order valence-electron chi connectivity index (χ2n) is 6.93. The molecule has 0 saturated heterocycles. The number of anilines is 1. The molecule has 1 aliphatic carbocycles. The molecule has 0 amide bonds. The van der Waals surface area contributed by atoms with Crippen LogP contribution in [0.5, 0.6) is 0 Å². The Balaban J connectivity index is 2.01. The van der Waals surface area contributed by atoms with Gasteiger partial charge in [-0.3, -0.25) is 4.98 Å². The molecule has 0 unspecified atom stereocenters. The lowest BCUT2D eigenvalue weighted by molar-refractivity contribution is 0.178. The summed E-state index contributed by atoms with van der Waals surface area (Å²) in [6, 6.07) is 4.19. The zero-order valence-electron chi connectivity index (χ0n) is 14.4. The third kappa shape index (κ3) is 2.63. The van der Waals surface area contributed by atoms with Gasteiger partial charge >= 0.3 is 0 Å². The minimum Gasteiger partial charge on any atom is -0.396 e. The van der Waals surface area contributed by atoms with Gasteiger partial charge in [0.15, 0.2) is 5.69 Å². The van der Waals surface area contributed by atoms with Crippen LogP contribution in [0.15, 0.2) is 30.7 Å². The van der Waals surface area contributed by atoms with E-state index in [1.165, 1.54) is 6.20 Å². The van der Waals surface area contributed by atoms with Crippen LogP contribution in [-0.2, 0) is 0 Å². The van der Waals surface area contributed by atoms with E-state index in [4.69, 9.17) is 23.9 Å². The maximum atomic E-state index is 9.97. The third-order valence-electron chi connectivity index (χ3n) is 5.24. The van der Waals surface area contributed by atoms with Crippen molar-refractivity contribution in [3.8, 4) is 11.1 Å². The number of hydrogen-bond donors (Lipinski definition) is 2. The van der Waals surface area contributed by atoms with Crippen LogP contribution >= 0.6 is 11.6 Å². The predicted octanol–water partition coefficient (Wildman–Crippen LogP) is 4.88. The van der Waals surface area contributed by atoms with Gasteiger partial charge in [0.1, 0.15) is 0 Å². The Hall–Kier alpha value is -2.55. The molecule has 1 aromatic carbocycles. The van der Waals surface area contributed by atoms with Gasteiger partial charge in [-0.15, -0.1) is 0 Å². The Morgan fingerprint density at radius 2 is 2.12 bits per heavy atom. The van der Waals surface area contributed by atoms with E-state index in [1.54, 1.807) is 6.20 Å². The average molecular weight is 367 g/mol. The van der Waals surface area contributed by atoms with Crippen molar-refractivity contribution >= 4 is 33.9 Å². The van der Waals surface area contributed by atoms with Gasteiger partial charge in [0, 0.05) is 35.1 Å². The Kier molecular flexibility index (Phi) is 4.10. The van der Waals surface area contributed by atoms with E-state index in [9.17, 15) is 5.11 Å². The highest BCUT2D eigenvalue weighted by Crippen LogP contribution is 2.42. The predicted molar refractivity (Wildman–Crippen MR) is 104 cm³/mol. The molecule has 0 aliphatic heterocycles. The van der Waals surface area contributed by atoms with Crippen molar-refractivity contribution in [1.29, 1.82) is 0 Å². The van der Waals surface area contributed by atoms with Crippen molar-refractivity contribution in [3.63, 3.8) is 0 Å². The standard InChI is InChI=1S/C20H19ClN4O/c1-11-5-19-14(7-18(11)23-2)16(15-8-24-9-17(22)20(15)21)10-25(19)12-3-4-13(26)6-12/h5,7-10,12-13,26H,3-4,6,22H2,1H3/t12-,13-/m1/s1. The van der Waals surface area contributed by atoms with Crippen LogP contribution in [0.1, 0.15) is 30.9 Å². The summed E-state index contributed by atoms with van der Waals surface area (Å²) in [5, 5.41) is 11.4. The summed E-state index contributed by atoms with van der Waals surface area (Å²) >= 11 is 6.45. The number of aryl methyl sites for hydroxylation is 1. The van der Waals surface area contributed by atoms with Gasteiger partial charge in [0.25, 0.3) is 0 Å². The molecule has 132 valence electrons. The highest BCUT2D eigenvalue weighted by Gasteiger charge is 2.27. The van der Waals surface area contributed by atoms with E-state index in [2.05, 4.69) is 20.6 Å². The average Bonchev–Trinajstić information content (AvgIpc) is 3.20. The summed E-state index contributed by atoms with van der Waals surface area (Å²) < 4.78 is 2.21. The molecular weight excluding hydrogens is 348 g/mol. The first-order valence-electron chi connectivity index (χ1n) is 8.59. The fourth-order valence-electron chi connectivity index (χ4n) is 3.86. The number of fused-ring (bicyclic) bond motifs is 1. The maximum absolute atomic E-state index is 9.97. The van der Waals surface area contributed by atoms with E-state index in [0.717, 1.165) is 46.9 Å². The van der Waals surface area contributed by atoms with E-state index < -0.39 is 0 Å². The van der Waals surface area contributed by atoms with Crippen LogP contribution in [0.2, 0.25) is 5.02 Å². The Labute approximate surface area is 156 Å². The minimum atomic E-state index is -0.262. The molecular formula is C20H19ClN4O. The second-order valence-corrected chi connectivity index (χ2v) is 7.31. The van der Waals surface area contributed by atoms with Gasteiger partial charge in [-0.25, -0.2) is 4.85 Å². The van der Waals surface area contributed by atoms with Gasteiger partial charge in [-0.2, -0.15) is 0 Å². The molecule has 6 heteroatoms. The maximum Gasteiger partial charge on any atom is 0.190 e. The minimum absolute atomic E-state index is 0.229. The number of rotatable bonds is 2. The first-order valence-corrected chi connectivity index (χ1v) is 8.97. The summed E-state index contributed by atoms with van der Waals surface area (Å²) in [6.45, 7) is 9.38. The highest BCUT2D eigenvalue weighted by molar-refractivity contribution is 6.36. The number of aliphatic hydroxyl groups excluding tert-OH is 1. The second kappa shape index (κ2) is 6.31. The van der Waals surface area contributed by atoms with Crippen molar-refractivity contribution in [3.05, 3.63) is 52.7 Å². The van der Waals surface area contributed by atoms with Crippen molar-refractivity contribution < 1.29 is 5.11 Å². The molecule has 5 nitrogen and oxygen atoms in total. The monoisotopic (exact) mass is 366 g/mol. The summed E-state index contributed by atoms with van der Waals surface area (Å²) in [5.74, 6) is 0. The van der Waals surface area contributed by atoms with Gasteiger partial charge in [0.2, 0.25) is 0 Å². The summed E-state index contributed by atoms with van der Waals surface area (Å²) in [6.07, 6.45) is 7.50. The van der Waals surface area contributed by atoms with Crippen LogP contribution in [0.4, 0.5) is 11.4 Å². The summed E-state index contributed by atoms with van der Waals surface area (Å²) in [7, 11) is 0. The third-order valence-corrected chi connectivity index (χ3v) is 5.66. The Morgan fingerprint density at radius 1 is 1.31 bits per heavy atom. The number of nitrogen functional groups attached to an aromatic ring is 1. The van der Waals surface area contributed by atoms with E-state index >= 15 is 0 Å². The Morgan fingerprint density at radius 3 is 2.81 bits per heavy atom. The fourth-order valence-corrected chi connectivity index (χ4v) is 4.06. The van der Waals surface area contributed by atoms with E-state index in [-0.39, 0.29) is 12.1 Å². The number of hydrogen-bond acceptors (Lipinski definition) is 3. The molecule has 0 bridgehead atoms. The smallest absolute Gasteiger partial charge is 0.190 e. The first kappa shape index (κ1) is 16.9. The van der Waals surface area contributed by atoms with Crippen LogP contribution in [0.3, 0.4) is 0 Å². The molecule has 1 saturated carbocycles. The van der Waals surface area contributed by atoms with Gasteiger partial charge in [-0.05, 0) is 49.3 Å². The number of pyridine rings is 1. The summed E-state index contributed by atoms with van der Waals surface area (Å²) in [5.41, 5.74) is 10.7. The zero-order valence-corrected chi connectivity index (χ0v) is 15.2. The SMILES string of the molecule is [C-]#[N+]c1cc2c(-c3cncc(N)c3Cl)cn([C@@H]3CC[C@@H](O)C3)c2cc1C. The van der Waals surface area contributed by atoms with Crippen molar-refractivity contribution in [2.24, 2.45) is 0 Å². The number of aliphatic hydroxyl groups is 1. The molecule has 26 heavy (non-hydrogen) atoms. The normalized spacial score (nSPS) is 19.8. The van der Waals surface area contributed by atoms with Gasteiger partial charge in [-0.1, -0.05) is 11.6 Å². The molecule has 2 atom stereocenters. The van der Waals surface area contributed by atoms with Crippen LogP contribution < -0.4 is 5.73 Å². The molecule has 3 aromatic rings. The lowest BCUT2D eigenvalue weighted by Crippen LogP contribution is -2.06.